The number of aryl methyl sites for hydroxylation is 1. The van der Waals surface area contributed by atoms with Crippen molar-refractivity contribution in [2.75, 3.05) is 0 Å². The maximum atomic E-state index is 5.16. The Morgan fingerprint density at radius 3 is 1.98 bits per heavy atom. The van der Waals surface area contributed by atoms with Gasteiger partial charge in [-0.1, -0.05) is 103 Å². The smallest absolute Gasteiger partial charge is 0.0979 e. The molecule has 3 nitrogen and oxygen atoms in total. The molecule has 0 spiro atoms. The highest BCUT2D eigenvalue weighted by atomic mass is 14.9. The van der Waals surface area contributed by atoms with E-state index in [1.54, 1.807) is 0 Å². The van der Waals surface area contributed by atoms with Crippen molar-refractivity contribution in [3.8, 4) is 33.6 Å². The Labute approximate surface area is 276 Å². The third-order valence-corrected chi connectivity index (χ3v) is 11.3. The summed E-state index contributed by atoms with van der Waals surface area (Å²) in [5.74, 6) is 0.206. The lowest BCUT2D eigenvalue weighted by atomic mass is 9.80. The van der Waals surface area contributed by atoms with Crippen LogP contribution in [0.5, 0.6) is 0 Å². The van der Waals surface area contributed by atoms with Gasteiger partial charge < -0.3 is 4.40 Å². The molecule has 1 atom stereocenters. The van der Waals surface area contributed by atoms with Crippen LogP contribution in [0.2, 0.25) is 0 Å². The van der Waals surface area contributed by atoms with Gasteiger partial charge in [0.05, 0.1) is 39.0 Å². The zero-order chi connectivity index (χ0) is 31.1. The molecule has 0 bridgehead atoms. The first-order valence-corrected chi connectivity index (χ1v) is 16.9. The zero-order valence-electron chi connectivity index (χ0n) is 26.0. The monoisotopic (exact) mass is 609 g/mol. The van der Waals surface area contributed by atoms with E-state index in [2.05, 4.69) is 126 Å². The van der Waals surface area contributed by atoms with Crippen LogP contribution in [0.3, 0.4) is 0 Å². The second-order valence-electron chi connectivity index (χ2n) is 13.6. The number of benzene rings is 7. The van der Waals surface area contributed by atoms with Gasteiger partial charge in [-0.05, 0) is 76.4 Å². The van der Waals surface area contributed by atoms with Gasteiger partial charge in [-0.2, -0.15) is 0 Å². The summed E-state index contributed by atoms with van der Waals surface area (Å²) in [4.78, 5) is 10.3. The van der Waals surface area contributed by atoms with Crippen molar-refractivity contribution in [3.63, 3.8) is 0 Å². The van der Waals surface area contributed by atoms with E-state index in [9.17, 15) is 0 Å². The van der Waals surface area contributed by atoms with Crippen molar-refractivity contribution in [1.82, 2.24) is 14.4 Å². The fraction of sp³-hybridized carbons (Fsp3) is 0.0667. The minimum atomic E-state index is 0.206. The summed E-state index contributed by atoms with van der Waals surface area (Å²) in [6, 6.07) is 49.3. The Hall–Kier alpha value is -6.06. The molecule has 3 heterocycles. The summed E-state index contributed by atoms with van der Waals surface area (Å²) >= 11 is 0. The van der Waals surface area contributed by atoms with Crippen molar-refractivity contribution < 1.29 is 0 Å². The molecule has 1 unspecified atom stereocenters. The minimum absolute atomic E-state index is 0.206. The Bertz CT molecular complexity index is 2970. The Morgan fingerprint density at radius 2 is 1.15 bits per heavy atom. The van der Waals surface area contributed by atoms with Crippen LogP contribution >= 0.6 is 0 Å². The molecule has 0 amide bonds. The molecule has 48 heavy (non-hydrogen) atoms. The molecule has 0 saturated heterocycles. The van der Waals surface area contributed by atoms with Gasteiger partial charge in [0.25, 0.3) is 0 Å². The van der Waals surface area contributed by atoms with Gasteiger partial charge in [0.15, 0.2) is 0 Å². The lowest BCUT2D eigenvalue weighted by Gasteiger charge is -2.23. The van der Waals surface area contributed by atoms with Crippen LogP contribution in [-0.2, 0) is 6.42 Å². The third-order valence-electron chi connectivity index (χ3n) is 11.3. The number of aromatic nitrogens is 3. The van der Waals surface area contributed by atoms with Crippen molar-refractivity contribution in [2.45, 2.75) is 18.8 Å². The van der Waals surface area contributed by atoms with Gasteiger partial charge in [0.1, 0.15) is 0 Å². The van der Waals surface area contributed by atoms with Crippen LogP contribution in [0, 0.1) is 0 Å². The second-order valence-corrected chi connectivity index (χ2v) is 13.6. The summed E-state index contributed by atoms with van der Waals surface area (Å²) in [5, 5.41) is 8.00. The number of hydrogen-bond acceptors (Lipinski definition) is 2. The van der Waals surface area contributed by atoms with Crippen molar-refractivity contribution >= 4 is 59.9 Å². The number of para-hydroxylation sites is 4. The van der Waals surface area contributed by atoms with Crippen molar-refractivity contribution in [1.29, 1.82) is 0 Å². The van der Waals surface area contributed by atoms with Crippen molar-refractivity contribution in [3.05, 3.63) is 150 Å². The Balaban J connectivity index is 1.22. The summed E-state index contributed by atoms with van der Waals surface area (Å²) in [6.07, 6.45) is 2.07. The molecule has 222 valence electrons. The molecule has 0 aliphatic heterocycles. The third kappa shape index (κ3) is 3.01. The molecule has 0 saturated carbocycles. The normalized spacial score (nSPS) is 15.1. The molecule has 0 N–H and O–H groups in total. The molecule has 0 fully saturated rings. The topological polar surface area (TPSA) is 30.2 Å². The lowest BCUT2D eigenvalue weighted by Crippen LogP contribution is -2.04. The van der Waals surface area contributed by atoms with E-state index < -0.39 is 0 Å². The SMILES string of the molecule is c1ccc2c(c1)CCC(c1ccc3c4c(cccc14)-c1nc4ccccc4nc1-3)c1c-2cc2c3ccccc3n3c4ccccc4c1c23. The number of hydrogen-bond donors (Lipinski definition) is 0. The van der Waals surface area contributed by atoms with Gasteiger partial charge in [0, 0.05) is 44.0 Å². The number of fused-ring (bicyclic) bond motifs is 14. The largest absolute Gasteiger partial charge is 0.308 e. The highest BCUT2D eigenvalue weighted by molar-refractivity contribution is 6.26. The molecule has 3 heteroatoms. The molecular formula is C45H27N3. The maximum Gasteiger partial charge on any atom is 0.0979 e. The van der Waals surface area contributed by atoms with E-state index in [4.69, 9.17) is 9.97 Å². The van der Waals surface area contributed by atoms with Crippen LogP contribution in [0.25, 0.3) is 93.5 Å². The molecule has 3 aromatic heterocycles. The molecule has 10 aromatic rings. The molecule has 2 aliphatic carbocycles. The highest BCUT2D eigenvalue weighted by Crippen LogP contribution is 2.54. The molecule has 7 aromatic carbocycles. The van der Waals surface area contributed by atoms with E-state index in [0.29, 0.717) is 0 Å². The van der Waals surface area contributed by atoms with Crippen LogP contribution in [0.4, 0.5) is 0 Å². The lowest BCUT2D eigenvalue weighted by molar-refractivity contribution is 0.735. The number of nitrogens with zero attached hydrogens (tertiary/aromatic N) is 3. The predicted molar refractivity (Wildman–Crippen MR) is 198 cm³/mol. The first kappa shape index (κ1) is 25.1. The first-order chi connectivity index (χ1) is 23.8. The highest BCUT2D eigenvalue weighted by Gasteiger charge is 2.33. The van der Waals surface area contributed by atoms with E-state index in [1.807, 2.05) is 12.1 Å². The quantitative estimate of drug-likeness (QED) is 0.185. The Kier molecular flexibility index (Phi) is 4.62. The fourth-order valence-electron chi connectivity index (χ4n) is 9.39. The van der Waals surface area contributed by atoms with E-state index >= 15 is 0 Å². The average Bonchev–Trinajstić information content (AvgIpc) is 3.73. The van der Waals surface area contributed by atoms with Crippen LogP contribution < -0.4 is 0 Å². The summed E-state index contributed by atoms with van der Waals surface area (Å²) in [7, 11) is 0. The van der Waals surface area contributed by atoms with Gasteiger partial charge in [0.2, 0.25) is 0 Å². The molecule has 12 rings (SSSR count). The molecular weight excluding hydrogens is 583 g/mol. The predicted octanol–water partition coefficient (Wildman–Crippen LogP) is 11.3. The van der Waals surface area contributed by atoms with Crippen molar-refractivity contribution in [2.24, 2.45) is 0 Å². The van der Waals surface area contributed by atoms with Gasteiger partial charge in [-0.25, -0.2) is 9.97 Å². The van der Waals surface area contributed by atoms with Crippen LogP contribution in [-0.4, -0.2) is 14.4 Å². The zero-order valence-corrected chi connectivity index (χ0v) is 26.0. The summed E-state index contributed by atoms with van der Waals surface area (Å²) in [6.45, 7) is 0. The summed E-state index contributed by atoms with van der Waals surface area (Å²) in [5.41, 5.74) is 17.2. The van der Waals surface area contributed by atoms with E-state index in [-0.39, 0.29) is 5.92 Å². The molecule has 2 aliphatic rings. The minimum Gasteiger partial charge on any atom is -0.308 e. The van der Waals surface area contributed by atoms with Gasteiger partial charge in [-0.3, -0.25) is 0 Å². The maximum absolute atomic E-state index is 5.16. The van der Waals surface area contributed by atoms with E-state index in [0.717, 1.165) is 35.3 Å². The second kappa shape index (κ2) is 8.84. The van der Waals surface area contributed by atoms with Crippen LogP contribution in [0.15, 0.2) is 133 Å². The standard InChI is InChI=1S/C45H27N3/c1-2-11-26-25(10-1)20-21-30(27-22-23-33-40-29(27)14-9-15-32(40)43-44(33)47-37-17-6-5-16-36(37)46-43)41-34(26)24-35-28-12-3-7-18-38(28)48-39-19-8-4-13-31(39)42(41)45(35)48/h1-19,22-24,30H,20-21H2. The molecule has 0 radical (unpaired) electrons. The van der Waals surface area contributed by atoms with E-state index in [1.165, 1.54) is 87.8 Å². The average molecular weight is 610 g/mol. The first-order valence-electron chi connectivity index (χ1n) is 16.9. The number of rotatable bonds is 1. The van der Waals surface area contributed by atoms with Crippen LogP contribution in [0.1, 0.15) is 29.0 Å². The van der Waals surface area contributed by atoms with Gasteiger partial charge in [-0.15, -0.1) is 0 Å². The van der Waals surface area contributed by atoms with Gasteiger partial charge >= 0.3 is 0 Å². The summed E-state index contributed by atoms with van der Waals surface area (Å²) < 4.78 is 2.52. The Morgan fingerprint density at radius 1 is 0.500 bits per heavy atom. The fourth-order valence-corrected chi connectivity index (χ4v) is 9.39.